The van der Waals surface area contributed by atoms with Crippen LogP contribution < -0.4 is 15.4 Å². The Hall–Kier alpha value is -2.57. The summed E-state index contributed by atoms with van der Waals surface area (Å²) in [4.78, 5) is 6.96. The van der Waals surface area contributed by atoms with Crippen LogP contribution in [0.3, 0.4) is 0 Å². The number of methoxy groups -OCH3 is 1. The van der Waals surface area contributed by atoms with Crippen molar-refractivity contribution in [3.05, 3.63) is 65.2 Å². The first-order valence-corrected chi connectivity index (χ1v) is 10.6. The molecule has 0 fully saturated rings. The van der Waals surface area contributed by atoms with Gasteiger partial charge in [-0.3, -0.25) is 0 Å². The zero-order chi connectivity index (χ0) is 21.6. The SMILES string of the molecule is CCOCCCNC(=NCc1ccc(OC)cc1)NCc1ccccc1CN(C)C. The van der Waals surface area contributed by atoms with E-state index in [4.69, 9.17) is 14.5 Å². The molecule has 0 bridgehead atoms. The summed E-state index contributed by atoms with van der Waals surface area (Å²) >= 11 is 0. The molecular formula is C24H36N4O2. The Balaban J connectivity index is 2.01. The predicted molar refractivity (Wildman–Crippen MR) is 124 cm³/mol. The molecule has 2 aromatic rings. The smallest absolute Gasteiger partial charge is 0.191 e. The molecule has 6 nitrogen and oxygen atoms in total. The van der Waals surface area contributed by atoms with E-state index in [1.165, 1.54) is 11.1 Å². The molecule has 0 spiro atoms. The minimum atomic E-state index is 0.601. The highest BCUT2D eigenvalue weighted by molar-refractivity contribution is 5.79. The van der Waals surface area contributed by atoms with Gasteiger partial charge in [-0.05, 0) is 56.3 Å². The maximum Gasteiger partial charge on any atom is 0.191 e. The largest absolute Gasteiger partial charge is 0.497 e. The third-order valence-electron chi connectivity index (χ3n) is 4.59. The van der Waals surface area contributed by atoms with Crippen LogP contribution in [0.2, 0.25) is 0 Å². The second kappa shape index (κ2) is 13.6. The number of rotatable bonds is 12. The number of nitrogens with zero attached hydrogens (tertiary/aromatic N) is 2. The summed E-state index contributed by atoms with van der Waals surface area (Å²) in [5.41, 5.74) is 3.74. The summed E-state index contributed by atoms with van der Waals surface area (Å²) < 4.78 is 10.7. The standard InChI is InChI=1S/C24H36N4O2/c1-5-30-16-8-15-25-24(26-17-20-11-13-23(29-4)14-12-20)27-18-21-9-6-7-10-22(21)19-28(2)3/h6-7,9-14H,5,8,15-19H2,1-4H3,(H2,25,26,27). The number of ether oxygens (including phenoxy) is 2. The minimum absolute atomic E-state index is 0.601. The Morgan fingerprint density at radius 3 is 2.40 bits per heavy atom. The number of nitrogens with one attached hydrogen (secondary N) is 2. The lowest BCUT2D eigenvalue weighted by Gasteiger charge is -2.17. The molecule has 6 heteroatoms. The van der Waals surface area contributed by atoms with Crippen LogP contribution in [0.5, 0.6) is 5.75 Å². The van der Waals surface area contributed by atoms with Gasteiger partial charge < -0.3 is 25.0 Å². The third kappa shape index (κ3) is 8.84. The molecule has 0 aliphatic carbocycles. The van der Waals surface area contributed by atoms with Gasteiger partial charge in [0.2, 0.25) is 0 Å². The van der Waals surface area contributed by atoms with Crippen LogP contribution in [0.25, 0.3) is 0 Å². The van der Waals surface area contributed by atoms with E-state index in [-0.39, 0.29) is 0 Å². The second-order valence-corrected chi connectivity index (χ2v) is 7.35. The predicted octanol–water partition coefficient (Wildman–Crippen LogP) is 3.42. The zero-order valence-corrected chi connectivity index (χ0v) is 18.8. The molecule has 0 unspecified atom stereocenters. The first-order valence-electron chi connectivity index (χ1n) is 10.6. The average molecular weight is 413 g/mol. The average Bonchev–Trinajstić information content (AvgIpc) is 2.76. The zero-order valence-electron chi connectivity index (χ0n) is 18.8. The van der Waals surface area contributed by atoms with Gasteiger partial charge in [0.15, 0.2) is 5.96 Å². The van der Waals surface area contributed by atoms with Crippen LogP contribution in [-0.4, -0.2) is 51.8 Å². The molecule has 2 aromatic carbocycles. The van der Waals surface area contributed by atoms with Crippen molar-refractivity contribution in [1.82, 2.24) is 15.5 Å². The van der Waals surface area contributed by atoms with Gasteiger partial charge in [-0.25, -0.2) is 4.99 Å². The quantitative estimate of drug-likeness (QED) is 0.318. The summed E-state index contributed by atoms with van der Waals surface area (Å²) in [6.45, 7) is 6.57. The van der Waals surface area contributed by atoms with E-state index in [1.54, 1.807) is 7.11 Å². The maximum absolute atomic E-state index is 5.43. The fraction of sp³-hybridized carbons (Fsp3) is 0.458. The lowest BCUT2D eigenvalue weighted by Crippen LogP contribution is -2.38. The van der Waals surface area contributed by atoms with E-state index in [2.05, 4.69) is 53.9 Å². The van der Waals surface area contributed by atoms with Crippen molar-refractivity contribution in [3.63, 3.8) is 0 Å². The van der Waals surface area contributed by atoms with Crippen molar-refractivity contribution >= 4 is 5.96 Å². The molecular weight excluding hydrogens is 376 g/mol. The highest BCUT2D eigenvalue weighted by Crippen LogP contribution is 2.12. The molecule has 2 N–H and O–H groups in total. The molecule has 0 aliphatic rings. The minimum Gasteiger partial charge on any atom is -0.497 e. The highest BCUT2D eigenvalue weighted by atomic mass is 16.5. The van der Waals surface area contributed by atoms with Crippen molar-refractivity contribution < 1.29 is 9.47 Å². The second-order valence-electron chi connectivity index (χ2n) is 7.35. The van der Waals surface area contributed by atoms with Crippen LogP contribution in [-0.2, 0) is 24.4 Å². The topological polar surface area (TPSA) is 58.1 Å². The molecule has 0 heterocycles. The molecule has 0 amide bonds. The summed E-state index contributed by atoms with van der Waals surface area (Å²) in [6, 6.07) is 16.5. The molecule has 0 saturated heterocycles. The Kier molecular flexibility index (Phi) is 10.8. The fourth-order valence-corrected chi connectivity index (χ4v) is 3.00. The Morgan fingerprint density at radius 2 is 1.73 bits per heavy atom. The summed E-state index contributed by atoms with van der Waals surface area (Å²) in [5.74, 6) is 1.66. The lowest BCUT2D eigenvalue weighted by atomic mass is 10.1. The Bertz CT molecular complexity index is 760. The Labute approximate surface area is 181 Å². The van der Waals surface area contributed by atoms with Crippen LogP contribution >= 0.6 is 0 Å². The van der Waals surface area contributed by atoms with E-state index in [0.717, 1.165) is 56.5 Å². The van der Waals surface area contributed by atoms with Crippen molar-refractivity contribution in [2.45, 2.75) is 33.0 Å². The fourth-order valence-electron chi connectivity index (χ4n) is 3.00. The van der Waals surface area contributed by atoms with E-state index in [9.17, 15) is 0 Å². The van der Waals surface area contributed by atoms with Gasteiger partial charge in [0, 0.05) is 32.8 Å². The molecule has 2 rings (SSSR count). The van der Waals surface area contributed by atoms with Gasteiger partial charge in [0.05, 0.1) is 13.7 Å². The number of hydrogen-bond donors (Lipinski definition) is 2. The van der Waals surface area contributed by atoms with E-state index >= 15 is 0 Å². The van der Waals surface area contributed by atoms with Gasteiger partial charge in [0.1, 0.15) is 5.75 Å². The number of aliphatic imine (C=N–C) groups is 1. The molecule has 30 heavy (non-hydrogen) atoms. The van der Waals surface area contributed by atoms with Gasteiger partial charge in [-0.1, -0.05) is 36.4 Å². The summed E-state index contributed by atoms with van der Waals surface area (Å²) in [5, 5.41) is 6.91. The van der Waals surface area contributed by atoms with E-state index < -0.39 is 0 Å². The maximum atomic E-state index is 5.43. The first-order chi connectivity index (χ1) is 14.6. The summed E-state index contributed by atoms with van der Waals surface area (Å²) in [7, 11) is 5.85. The normalized spacial score (nSPS) is 11.6. The molecule has 0 aliphatic heterocycles. The van der Waals surface area contributed by atoms with Crippen LogP contribution in [0.15, 0.2) is 53.5 Å². The number of hydrogen-bond acceptors (Lipinski definition) is 4. The van der Waals surface area contributed by atoms with Crippen molar-refractivity contribution in [3.8, 4) is 5.75 Å². The first kappa shape index (κ1) is 23.7. The third-order valence-corrected chi connectivity index (χ3v) is 4.59. The molecule has 164 valence electrons. The monoisotopic (exact) mass is 412 g/mol. The molecule has 0 radical (unpaired) electrons. The lowest BCUT2D eigenvalue weighted by molar-refractivity contribution is 0.145. The van der Waals surface area contributed by atoms with E-state index in [0.29, 0.717) is 6.54 Å². The van der Waals surface area contributed by atoms with Gasteiger partial charge in [-0.2, -0.15) is 0 Å². The molecule has 0 atom stereocenters. The number of benzene rings is 2. The summed E-state index contributed by atoms with van der Waals surface area (Å²) in [6.07, 6.45) is 0.939. The van der Waals surface area contributed by atoms with Gasteiger partial charge >= 0.3 is 0 Å². The van der Waals surface area contributed by atoms with E-state index in [1.807, 2.05) is 31.2 Å². The van der Waals surface area contributed by atoms with Crippen molar-refractivity contribution in [2.75, 3.05) is 41.0 Å². The van der Waals surface area contributed by atoms with Crippen molar-refractivity contribution in [2.24, 2.45) is 4.99 Å². The van der Waals surface area contributed by atoms with Gasteiger partial charge in [0.25, 0.3) is 0 Å². The molecule has 0 aromatic heterocycles. The highest BCUT2D eigenvalue weighted by Gasteiger charge is 2.05. The van der Waals surface area contributed by atoms with Crippen LogP contribution in [0.1, 0.15) is 30.0 Å². The molecule has 0 saturated carbocycles. The van der Waals surface area contributed by atoms with Gasteiger partial charge in [-0.15, -0.1) is 0 Å². The van der Waals surface area contributed by atoms with Crippen molar-refractivity contribution in [1.29, 1.82) is 0 Å². The number of guanidine groups is 1. The van der Waals surface area contributed by atoms with Crippen LogP contribution in [0, 0.1) is 0 Å². The Morgan fingerprint density at radius 1 is 1.00 bits per heavy atom. The van der Waals surface area contributed by atoms with Crippen LogP contribution in [0.4, 0.5) is 0 Å².